The van der Waals surface area contributed by atoms with Gasteiger partial charge in [-0.1, -0.05) is 30.3 Å². The lowest BCUT2D eigenvalue weighted by atomic mass is 10.1. The molecule has 7 nitrogen and oxygen atoms in total. The molecule has 1 N–H and O–H groups in total. The SMILES string of the molecule is COc1cc(C(C#N)NC(=O)c2sc(-c3ccccc3)nc2C)cc(OC)c1OC. The zero-order valence-corrected chi connectivity index (χ0v) is 17.9. The molecule has 0 aliphatic heterocycles. The molecule has 0 aliphatic rings. The summed E-state index contributed by atoms with van der Waals surface area (Å²) in [7, 11) is 4.49. The van der Waals surface area contributed by atoms with Crippen LogP contribution in [0.25, 0.3) is 10.6 Å². The highest BCUT2D eigenvalue weighted by Gasteiger charge is 2.23. The number of carbonyl (C=O) groups is 1. The molecular weight excluding hydrogens is 402 g/mol. The predicted molar refractivity (Wildman–Crippen MR) is 114 cm³/mol. The van der Waals surface area contributed by atoms with Gasteiger partial charge in [-0.25, -0.2) is 4.98 Å². The molecule has 1 heterocycles. The summed E-state index contributed by atoms with van der Waals surface area (Å²) in [6.07, 6.45) is 0. The number of aromatic nitrogens is 1. The molecular formula is C22H21N3O4S. The molecule has 0 bridgehead atoms. The van der Waals surface area contributed by atoms with Gasteiger partial charge in [0.2, 0.25) is 5.75 Å². The van der Waals surface area contributed by atoms with Gasteiger partial charge < -0.3 is 19.5 Å². The summed E-state index contributed by atoms with van der Waals surface area (Å²) in [6.45, 7) is 1.78. The predicted octanol–water partition coefficient (Wildman–Crippen LogP) is 4.14. The van der Waals surface area contributed by atoms with Crippen molar-refractivity contribution in [1.82, 2.24) is 10.3 Å². The largest absolute Gasteiger partial charge is 0.493 e. The van der Waals surface area contributed by atoms with Gasteiger partial charge >= 0.3 is 0 Å². The summed E-state index contributed by atoms with van der Waals surface area (Å²) in [5.41, 5.74) is 2.06. The van der Waals surface area contributed by atoms with Crippen molar-refractivity contribution in [2.24, 2.45) is 0 Å². The van der Waals surface area contributed by atoms with E-state index in [-0.39, 0.29) is 5.91 Å². The van der Waals surface area contributed by atoms with Crippen LogP contribution in [0.15, 0.2) is 42.5 Å². The van der Waals surface area contributed by atoms with Gasteiger partial charge in [-0.05, 0) is 24.6 Å². The average Bonchev–Trinajstić information content (AvgIpc) is 3.18. The normalized spacial score (nSPS) is 11.3. The molecule has 0 saturated carbocycles. The first-order valence-electron chi connectivity index (χ1n) is 9.05. The minimum absolute atomic E-state index is 0.368. The van der Waals surface area contributed by atoms with Crippen LogP contribution in [0.4, 0.5) is 0 Å². The van der Waals surface area contributed by atoms with Crippen molar-refractivity contribution in [1.29, 1.82) is 5.26 Å². The highest BCUT2D eigenvalue weighted by molar-refractivity contribution is 7.17. The third kappa shape index (κ3) is 4.21. The Morgan fingerprint density at radius 2 is 1.73 bits per heavy atom. The van der Waals surface area contributed by atoms with E-state index in [4.69, 9.17) is 14.2 Å². The first kappa shape index (κ1) is 21.1. The Morgan fingerprint density at radius 3 is 2.27 bits per heavy atom. The highest BCUT2D eigenvalue weighted by Crippen LogP contribution is 2.39. The molecule has 0 radical (unpaired) electrons. The van der Waals surface area contributed by atoms with Crippen LogP contribution in [-0.2, 0) is 0 Å². The van der Waals surface area contributed by atoms with Gasteiger partial charge in [-0.3, -0.25) is 4.79 Å². The number of nitrogens with zero attached hydrogens (tertiary/aromatic N) is 2. The molecule has 0 aliphatic carbocycles. The lowest BCUT2D eigenvalue weighted by Crippen LogP contribution is -2.27. The van der Waals surface area contributed by atoms with Crippen LogP contribution in [-0.4, -0.2) is 32.2 Å². The Kier molecular flexibility index (Phi) is 6.54. The average molecular weight is 423 g/mol. The number of amides is 1. The molecule has 30 heavy (non-hydrogen) atoms. The van der Waals surface area contributed by atoms with Gasteiger partial charge in [0.25, 0.3) is 5.91 Å². The zero-order valence-electron chi connectivity index (χ0n) is 17.1. The topological polar surface area (TPSA) is 93.5 Å². The van der Waals surface area contributed by atoms with E-state index >= 15 is 0 Å². The minimum atomic E-state index is -0.909. The summed E-state index contributed by atoms with van der Waals surface area (Å²) in [5, 5.41) is 13.2. The van der Waals surface area contributed by atoms with Gasteiger partial charge in [0.05, 0.1) is 33.1 Å². The number of benzene rings is 2. The van der Waals surface area contributed by atoms with Crippen molar-refractivity contribution < 1.29 is 19.0 Å². The van der Waals surface area contributed by atoms with Crippen LogP contribution in [0, 0.1) is 18.3 Å². The van der Waals surface area contributed by atoms with E-state index in [0.717, 1.165) is 10.6 Å². The molecule has 8 heteroatoms. The summed E-state index contributed by atoms with van der Waals surface area (Å²) < 4.78 is 16.0. The van der Waals surface area contributed by atoms with Crippen LogP contribution < -0.4 is 19.5 Å². The fourth-order valence-electron chi connectivity index (χ4n) is 2.97. The number of rotatable bonds is 7. The molecule has 1 atom stereocenters. The summed E-state index contributed by atoms with van der Waals surface area (Å²) in [5.74, 6) is 0.855. The van der Waals surface area contributed by atoms with Gasteiger partial charge in [-0.15, -0.1) is 11.3 Å². The fourth-order valence-corrected chi connectivity index (χ4v) is 3.94. The van der Waals surface area contributed by atoms with E-state index in [0.29, 0.717) is 33.4 Å². The van der Waals surface area contributed by atoms with Crippen LogP contribution >= 0.6 is 11.3 Å². The molecule has 0 saturated heterocycles. The number of hydrogen-bond acceptors (Lipinski definition) is 7. The summed E-state index contributed by atoms with van der Waals surface area (Å²) in [4.78, 5) is 17.9. The van der Waals surface area contributed by atoms with Crippen LogP contribution in [0.3, 0.4) is 0 Å². The second-order valence-electron chi connectivity index (χ2n) is 6.29. The van der Waals surface area contributed by atoms with Crippen LogP contribution in [0.1, 0.15) is 27.0 Å². The molecule has 0 spiro atoms. The van der Waals surface area contributed by atoms with E-state index in [1.807, 2.05) is 30.3 Å². The number of aryl methyl sites for hydroxylation is 1. The molecule has 3 rings (SSSR count). The third-order valence-electron chi connectivity index (χ3n) is 4.45. The Labute approximate surface area is 178 Å². The lowest BCUT2D eigenvalue weighted by molar-refractivity contribution is 0.0948. The number of hydrogen-bond donors (Lipinski definition) is 1. The van der Waals surface area contributed by atoms with Crippen molar-refractivity contribution in [2.45, 2.75) is 13.0 Å². The lowest BCUT2D eigenvalue weighted by Gasteiger charge is -2.17. The molecule has 0 fully saturated rings. The first-order chi connectivity index (χ1) is 14.5. The van der Waals surface area contributed by atoms with Crippen molar-refractivity contribution in [3.05, 3.63) is 58.6 Å². The summed E-state index contributed by atoms with van der Waals surface area (Å²) in [6, 6.07) is 14.1. The number of methoxy groups -OCH3 is 3. The van der Waals surface area contributed by atoms with Crippen molar-refractivity contribution in [3.63, 3.8) is 0 Å². The third-order valence-corrected chi connectivity index (χ3v) is 5.65. The Morgan fingerprint density at radius 1 is 1.10 bits per heavy atom. The van der Waals surface area contributed by atoms with Gasteiger partial charge in [0, 0.05) is 5.56 Å². The van der Waals surface area contributed by atoms with Crippen LogP contribution in [0.5, 0.6) is 17.2 Å². The number of carbonyl (C=O) groups excluding carboxylic acids is 1. The fraction of sp³-hybridized carbons (Fsp3) is 0.227. The van der Waals surface area contributed by atoms with Gasteiger partial charge in [-0.2, -0.15) is 5.26 Å². The summed E-state index contributed by atoms with van der Waals surface area (Å²) >= 11 is 1.29. The minimum Gasteiger partial charge on any atom is -0.493 e. The van der Waals surface area contributed by atoms with E-state index in [1.165, 1.54) is 32.7 Å². The quantitative estimate of drug-likeness (QED) is 0.614. The van der Waals surface area contributed by atoms with Crippen LogP contribution in [0.2, 0.25) is 0 Å². The second kappa shape index (κ2) is 9.29. The Bertz CT molecular complexity index is 1060. The zero-order chi connectivity index (χ0) is 21.7. The Balaban J connectivity index is 1.89. The van der Waals surface area contributed by atoms with E-state index in [2.05, 4.69) is 16.4 Å². The van der Waals surface area contributed by atoms with Crippen molar-refractivity contribution in [2.75, 3.05) is 21.3 Å². The molecule has 1 amide bonds. The smallest absolute Gasteiger partial charge is 0.264 e. The molecule has 1 unspecified atom stereocenters. The monoisotopic (exact) mass is 423 g/mol. The maximum absolute atomic E-state index is 12.9. The first-order valence-corrected chi connectivity index (χ1v) is 9.87. The maximum Gasteiger partial charge on any atom is 0.264 e. The van der Waals surface area contributed by atoms with E-state index in [1.54, 1.807) is 19.1 Å². The number of ether oxygens (including phenoxy) is 3. The Hall–Kier alpha value is -3.57. The number of thiazole rings is 1. The van der Waals surface area contributed by atoms with E-state index < -0.39 is 6.04 Å². The second-order valence-corrected chi connectivity index (χ2v) is 7.29. The molecule has 1 aromatic heterocycles. The van der Waals surface area contributed by atoms with Gasteiger partial charge in [0.1, 0.15) is 15.9 Å². The van der Waals surface area contributed by atoms with Crippen molar-refractivity contribution >= 4 is 17.2 Å². The molecule has 2 aromatic carbocycles. The maximum atomic E-state index is 12.9. The standard InChI is InChI=1S/C22H21N3O4S/c1-13-20(30-22(24-13)14-8-6-5-7-9-14)21(26)25-16(12-23)15-10-17(27-2)19(29-4)18(11-15)28-3/h5-11,16H,1-4H3,(H,25,26). The van der Waals surface area contributed by atoms with Crippen molar-refractivity contribution in [3.8, 4) is 33.9 Å². The molecule has 3 aromatic rings. The highest BCUT2D eigenvalue weighted by atomic mass is 32.1. The van der Waals surface area contributed by atoms with E-state index in [9.17, 15) is 10.1 Å². The molecule has 154 valence electrons. The number of nitriles is 1. The van der Waals surface area contributed by atoms with Gasteiger partial charge in [0.15, 0.2) is 11.5 Å². The number of nitrogens with one attached hydrogen (secondary N) is 1.